The van der Waals surface area contributed by atoms with E-state index in [-0.39, 0.29) is 24.3 Å². The molecule has 0 aliphatic carbocycles. The number of esters is 1. The van der Waals surface area contributed by atoms with E-state index in [9.17, 15) is 14.4 Å². The van der Waals surface area contributed by atoms with Gasteiger partial charge in [-0.05, 0) is 44.0 Å². The van der Waals surface area contributed by atoms with Gasteiger partial charge in [-0.2, -0.15) is 4.98 Å². The molecule has 0 spiro atoms. The molecular weight excluding hydrogens is 464 g/mol. The Bertz CT molecular complexity index is 1310. The van der Waals surface area contributed by atoms with Crippen LogP contribution in [0, 0.1) is 5.92 Å². The minimum Gasteiger partial charge on any atom is -0.493 e. The van der Waals surface area contributed by atoms with E-state index < -0.39 is 5.69 Å². The molecule has 0 atom stereocenters. The maximum Gasteiger partial charge on any atom is 0.350 e. The number of carbonyl (C=O) groups excluding carboxylic acids is 2. The molecule has 0 unspecified atom stereocenters. The van der Waals surface area contributed by atoms with Gasteiger partial charge in [0.15, 0.2) is 11.5 Å². The number of aromatic nitrogens is 2. The van der Waals surface area contributed by atoms with Crippen molar-refractivity contribution in [1.82, 2.24) is 9.55 Å². The second-order valence-corrected chi connectivity index (χ2v) is 8.45. The van der Waals surface area contributed by atoms with Crippen molar-refractivity contribution in [2.75, 3.05) is 44.1 Å². The zero-order valence-corrected chi connectivity index (χ0v) is 20.7. The summed E-state index contributed by atoms with van der Waals surface area (Å²) >= 11 is 0. The van der Waals surface area contributed by atoms with Crippen molar-refractivity contribution in [1.29, 1.82) is 0 Å². The minimum absolute atomic E-state index is 0.145. The van der Waals surface area contributed by atoms with Gasteiger partial charge < -0.3 is 24.4 Å². The van der Waals surface area contributed by atoms with Crippen LogP contribution >= 0.6 is 0 Å². The summed E-state index contributed by atoms with van der Waals surface area (Å²) < 4.78 is 17.0. The van der Waals surface area contributed by atoms with Crippen molar-refractivity contribution < 1.29 is 23.8 Å². The molecule has 1 aliphatic rings. The van der Waals surface area contributed by atoms with Gasteiger partial charge in [0.25, 0.3) is 0 Å². The summed E-state index contributed by atoms with van der Waals surface area (Å²) in [6.07, 6.45) is 1.26. The first-order valence-electron chi connectivity index (χ1n) is 11.9. The lowest BCUT2D eigenvalue weighted by Gasteiger charge is -2.32. The SMILES string of the molecule is CCOC(=O)C1CCN(c2nc(=O)n(CC(=O)Nc3ccc(OC)c(OC)c3)c3ccccc23)CC1. The van der Waals surface area contributed by atoms with Gasteiger partial charge in [-0.3, -0.25) is 14.2 Å². The van der Waals surface area contributed by atoms with Crippen LogP contribution in [0.2, 0.25) is 0 Å². The van der Waals surface area contributed by atoms with Crippen LogP contribution in [-0.2, 0) is 20.9 Å². The minimum atomic E-state index is -0.515. The van der Waals surface area contributed by atoms with Gasteiger partial charge in [0.1, 0.15) is 12.4 Å². The molecule has 0 bridgehead atoms. The zero-order chi connectivity index (χ0) is 25.7. The van der Waals surface area contributed by atoms with Crippen LogP contribution in [-0.4, -0.2) is 55.3 Å². The molecule has 36 heavy (non-hydrogen) atoms. The van der Waals surface area contributed by atoms with E-state index in [1.165, 1.54) is 18.8 Å². The Kier molecular flexibility index (Phi) is 7.72. The van der Waals surface area contributed by atoms with E-state index >= 15 is 0 Å². The molecule has 2 heterocycles. The Morgan fingerprint density at radius 1 is 1.06 bits per heavy atom. The summed E-state index contributed by atoms with van der Waals surface area (Å²) in [6, 6.07) is 12.4. The second-order valence-electron chi connectivity index (χ2n) is 8.45. The van der Waals surface area contributed by atoms with E-state index in [2.05, 4.69) is 10.3 Å². The molecule has 1 aliphatic heterocycles. The average Bonchev–Trinajstić information content (AvgIpc) is 2.90. The lowest BCUT2D eigenvalue weighted by Crippen LogP contribution is -2.39. The van der Waals surface area contributed by atoms with Crippen LogP contribution in [0.4, 0.5) is 11.5 Å². The highest BCUT2D eigenvalue weighted by atomic mass is 16.5. The van der Waals surface area contributed by atoms with E-state index in [1.807, 2.05) is 23.1 Å². The summed E-state index contributed by atoms with van der Waals surface area (Å²) in [4.78, 5) is 44.4. The Morgan fingerprint density at radius 3 is 2.47 bits per heavy atom. The average molecular weight is 495 g/mol. The predicted molar refractivity (Wildman–Crippen MR) is 136 cm³/mol. The molecule has 190 valence electrons. The van der Waals surface area contributed by atoms with Crippen LogP contribution < -0.4 is 25.4 Å². The molecule has 1 saturated heterocycles. The number of nitrogens with zero attached hydrogens (tertiary/aromatic N) is 3. The van der Waals surface area contributed by atoms with Gasteiger partial charge in [-0.1, -0.05) is 12.1 Å². The third-order valence-corrected chi connectivity index (χ3v) is 6.25. The van der Waals surface area contributed by atoms with Gasteiger partial charge in [-0.15, -0.1) is 0 Å². The smallest absolute Gasteiger partial charge is 0.350 e. The molecule has 2 aromatic carbocycles. The molecule has 1 N–H and O–H groups in total. The molecule has 1 aromatic heterocycles. The van der Waals surface area contributed by atoms with Crippen LogP contribution in [0.5, 0.6) is 11.5 Å². The number of rotatable bonds is 8. The van der Waals surface area contributed by atoms with Gasteiger partial charge >= 0.3 is 11.7 Å². The first-order valence-corrected chi connectivity index (χ1v) is 11.9. The monoisotopic (exact) mass is 494 g/mol. The van der Waals surface area contributed by atoms with Crippen molar-refractivity contribution >= 4 is 34.3 Å². The van der Waals surface area contributed by atoms with Crippen LogP contribution in [0.3, 0.4) is 0 Å². The number of hydrogen-bond donors (Lipinski definition) is 1. The molecule has 10 heteroatoms. The summed E-state index contributed by atoms with van der Waals surface area (Å²) in [6.45, 7) is 3.13. The Balaban J connectivity index is 1.55. The number of anilines is 2. The number of fused-ring (bicyclic) bond motifs is 1. The molecule has 1 amide bonds. The van der Waals surface area contributed by atoms with Gasteiger partial charge in [0, 0.05) is 30.2 Å². The number of nitrogens with one attached hydrogen (secondary N) is 1. The van der Waals surface area contributed by atoms with Crippen molar-refractivity contribution in [2.45, 2.75) is 26.3 Å². The van der Waals surface area contributed by atoms with Crippen LogP contribution in [0.1, 0.15) is 19.8 Å². The van der Waals surface area contributed by atoms with E-state index in [4.69, 9.17) is 14.2 Å². The largest absolute Gasteiger partial charge is 0.493 e. The molecule has 3 aromatic rings. The zero-order valence-electron chi connectivity index (χ0n) is 20.7. The molecular formula is C26H30N4O6. The first-order chi connectivity index (χ1) is 17.4. The van der Waals surface area contributed by atoms with Crippen molar-refractivity contribution in [2.24, 2.45) is 5.92 Å². The number of ether oxygens (including phenoxy) is 3. The van der Waals surface area contributed by atoms with Crippen molar-refractivity contribution in [3.05, 3.63) is 52.9 Å². The highest BCUT2D eigenvalue weighted by molar-refractivity contribution is 5.94. The maximum absolute atomic E-state index is 13.1. The van der Waals surface area contributed by atoms with Crippen molar-refractivity contribution in [3.8, 4) is 11.5 Å². The standard InChI is InChI=1S/C26H30N4O6/c1-4-36-25(32)17-11-13-29(14-12-17)24-19-7-5-6-8-20(19)30(26(33)28-24)16-23(31)27-18-9-10-21(34-2)22(15-18)35-3/h5-10,15,17H,4,11-14,16H2,1-3H3,(H,27,31). The fraction of sp³-hybridized carbons (Fsp3) is 0.385. The maximum atomic E-state index is 13.1. The normalized spacial score (nSPS) is 13.9. The Hall–Kier alpha value is -4.08. The van der Waals surface area contributed by atoms with Crippen molar-refractivity contribution in [3.63, 3.8) is 0 Å². The lowest BCUT2D eigenvalue weighted by molar-refractivity contribution is -0.148. The van der Waals surface area contributed by atoms with Gasteiger partial charge in [0.05, 0.1) is 32.3 Å². The molecule has 1 fully saturated rings. The number of amides is 1. The lowest BCUT2D eigenvalue weighted by atomic mass is 9.97. The summed E-state index contributed by atoms with van der Waals surface area (Å²) in [7, 11) is 3.05. The fourth-order valence-electron chi connectivity index (χ4n) is 4.45. The fourth-order valence-corrected chi connectivity index (χ4v) is 4.45. The molecule has 0 radical (unpaired) electrons. The number of methoxy groups -OCH3 is 2. The van der Waals surface area contributed by atoms with Crippen LogP contribution in [0.25, 0.3) is 10.9 Å². The number of benzene rings is 2. The molecule has 0 saturated carbocycles. The van der Waals surface area contributed by atoms with E-state index in [1.54, 1.807) is 31.2 Å². The molecule has 10 nitrogen and oxygen atoms in total. The van der Waals surface area contributed by atoms with E-state index in [0.29, 0.717) is 61.1 Å². The quantitative estimate of drug-likeness (QED) is 0.476. The topological polar surface area (TPSA) is 112 Å². The summed E-state index contributed by atoms with van der Waals surface area (Å²) in [5, 5.41) is 3.56. The van der Waals surface area contributed by atoms with Crippen LogP contribution in [0.15, 0.2) is 47.3 Å². The summed E-state index contributed by atoms with van der Waals surface area (Å²) in [5.41, 5.74) is 0.616. The number of piperidine rings is 1. The number of hydrogen-bond acceptors (Lipinski definition) is 8. The third-order valence-electron chi connectivity index (χ3n) is 6.25. The number of para-hydroxylation sites is 1. The second kappa shape index (κ2) is 11.1. The molecule has 4 rings (SSSR count). The predicted octanol–water partition coefficient (Wildman–Crippen LogP) is 2.83. The summed E-state index contributed by atoms with van der Waals surface area (Å²) in [5.74, 6) is 0.896. The van der Waals surface area contributed by atoms with Gasteiger partial charge in [0.2, 0.25) is 5.91 Å². The van der Waals surface area contributed by atoms with Gasteiger partial charge in [-0.25, -0.2) is 4.79 Å². The Morgan fingerprint density at radius 2 is 1.78 bits per heavy atom. The Labute approximate surface area is 208 Å². The third kappa shape index (κ3) is 5.27. The first kappa shape index (κ1) is 25.0. The highest BCUT2D eigenvalue weighted by Crippen LogP contribution is 2.30. The highest BCUT2D eigenvalue weighted by Gasteiger charge is 2.28. The van der Waals surface area contributed by atoms with E-state index in [0.717, 1.165) is 5.39 Å². The number of carbonyl (C=O) groups is 2.